The largest absolute Gasteiger partial charge is 0.473 e. The van der Waals surface area contributed by atoms with Gasteiger partial charge in [0.25, 0.3) is 5.91 Å². The maximum Gasteiger partial charge on any atom is 0.277 e. The number of hydrogen-bond donors (Lipinski definition) is 1. The zero-order valence-corrected chi connectivity index (χ0v) is 13.6. The molecule has 8 heteroatoms. The Bertz CT molecular complexity index is 907. The zero-order chi connectivity index (χ0) is 17.6. The molecule has 0 aliphatic carbocycles. The normalized spacial score (nSPS) is 10.2. The summed E-state index contributed by atoms with van der Waals surface area (Å²) in [4.78, 5) is 12.3. The van der Waals surface area contributed by atoms with Gasteiger partial charge in [-0.3, -0.25) is 9.48 Å². The van der Waals surface area contributed by atoms with Crippen molar-refractivity contribution in [3.05, 3.63) is 59.9 Å². The number of rotatable bonds is 6. The summed E-state index contributed by atoms with van der Waals surface area (Å²) in [6.45, 7) is 0.511. The van der Waals surface area contributed by atoms with Crippen molar-refractivity contribution in [3.8, 4) is 11.9 Å². The first-order chi connectivity index (χ1) is 12.2. The molecule has 0 aliphatic heterocycles. The van der Waals surface area contributed by atoms with Crippen LogP contribution in [-0.2, 0) is 20.2 Å². The fourth-order valence-corrected chi connectivity index (χ4v) is 2.20. The van der Waals surface area contributed by atoms with Crippen molar-refractivity contribution in [1.82, 2.24) is 19.6 Å². The highest BCUT2D eigenvalue weighted by molar-refractivity contribution is 6.02. The van der Waals surface area contributed by atoms with Crippen LogP contribution in [0.15, 0.2) is 48.7 Å². The van der Waals surface area contributed by atoms with Crippen molar-refractivity contribution in [3.63, 3.8) is 0 Å². The Balaban J connectivity index is 1.64. The third-order valence-electron chi connectivity index (χ3n) is 3.41. The molecule has 3 rings (SSSR count). The molecule has 0 radical (unpaired) electrons. The lowest BCUT2D eigenvalue weighted by Gasteiger charge is -2.05. The molecule has 1 aromatic carbocycles. The summed E-state index contributed by atoms with van der Waals surface area (Å²) in [6, 6.07) is 14.9. The third kappa shape index (κ3) is 4.03. The van der Waals surface area contributed by atoms with Crippen LogP contribution in [0.4, 0.5) is 5.82 Å². The predicted octanol–water partition coefficient (Wildman–Crippen LogP) is 1.97. The van der Waals surface area contributed by atoms with E-state index >= 15 is 0 Å². The monoisotopic (exact) mass is 336 g/mol. The van der Waals surface area contributed by atoms with Crippen LogP contribution in [0.1, 0.15) is 16.1 Å². The highest BCUT2D eigenvalue weighted by atomic mass is 16.5. The number of aryl methyl sites for hydroxylation is 1. The van der Waals surface area contributed by atoms with Gasteiger partial charge in [0.2, 0.25) is 5.88 Å². The van der Waals surface area contributed by atoms with Crippen LogP contribution in [0.25, 0.3) is 0 Å². The van der Waals surface area contributed by atoms with Gasteiger partial charge < -0.3 is 10.1 Å². The molecule has 1 amide bonds. The Hall–Kier alpha value is -3.60. The minimum atomic E-state index is -0.396. The Morgan fingerprint density at radius 3 is 2.84 bits per heavy atom. The van der Waals surface area contributed by atoms with Gasteiger partial charge in [-0.1, -0.05) is 30.3 Å². The van der Waals surface area contributed by atoms with Crippen LogP contribution in [0.3, 0.4) is 0 Å². The van der Waals surface area contributed by atoms with Crippen molar-refractivity contribution < 1.29 is 9.53 Å². The van der Waals surface area contributed by atoms with Crippen molar-refractivity contribution in [2.24, 2.45) is 7.05 Å². The van der Waals surface area contributed by atoms with Gasteiger partial charge in [-0.2, -0.15) is 15.5 Å². The second kappa shape index (κ2) is 7.31. The first-order valence-electron chi connectivity index (χ1n) is 7.58. The lowest BCUT2D eigenvalue weighted by atomic mass is 10.2. The van der Waals surface area contributed by atoms with Gasteiger partial charge in [0.15, 0.2) is 11.5 Å². The van der Waals surface area contributed by atoms with Gasteiger partial charge in [-0.15, -0.1) is 0 Å². The molecule has 0 aliphatic rings. The maximum absolute atomic E-state index is 12.3. The van der Waals surface area contributed by atoms with Gasteiger partial charge in [0.1, 0.15) is 13.2 Å². The van der Waals surface area contributed by atoms with Gasteiger partial charge in [-0.05, 0) is 5.56 Å². The molecule has 126 valence electrons. The molecular formula is C17H16N6O2. The Labute approximate surface area is 144 Å². The van der Waals surface area contributed by atoms with Crippen LogP contribution in [-0.4, -0.2) is 25.5 Å². The first-order valence-corrected chi connectivity index (χ1v) is 7.58. The van der Waals surface area contributed by atoms with E-state index in [0.29, 0.717) is 18.3 Å². The molecule has 25 heavy (non-hydrogen) atoms. The van der Waals surface area contributed by atoms with Gasteiger partial charge in [0, 0.05) is 25.4 Å². The Kier molecular flexibility index (Phi) is 4.76. The average Bonchev–Trinajstić information content (AvgIpc) is 3.21. The van der Waals surface area contributed by atoms with E-state index in [4.69, 9.17) is 10.00 Å². The summed E-state index contributed by atoms with van der Waals surface area (Å²) in [6.07, 6.45) is 1.62. The molecule has 0 saturated carbocycles. The minimum Gasteiger partial charge on any atom is -0.473 e. The molecule has 2 aromatic heterocycles. The number of nitrogens with one attached hydrogen (secondary N) is 1. The van der Waals surface area contributed by atoms with Crippen LogP contribution in [0.2, 0.25) is 0 Å². The van der Waals surface area contributed by atoms with E-state index in [1.807, 2.05) is 36.4 Å². The summed E-state index contributed by atoms with van der Waals surface area (Å²) in [7, 11) is 1.71. The first kappa shape index (κ1) is 16.3. The van der Waals surface area contributed by atoms with E-state index in [1.54, 1.807) is 25.4 Å². The summed E-state index contributed by atoms with van der Waals surface area (Å²) < 4.78 is 8.64. The number of carbonyl (C=O) groups excluding carboxylic acids is 1. The molecule has 8 nitrogen and oxygen atoms in total. The van der Waals surface area contributed by atoms with Crippen LogP contribution >= 0.6 is 0 Å². The molecule has 0 atom stereocenters. The van der Waals surface area contributed by atoms with Crippen molar-refractivity contribution in [2.45, 2.75) is 13.2 Å². The molecule has 0 spiro atoms. The number of ether oxygens (including phenoxy) is 1. The number of benzene rings is 1. The number of nitrogens with zero attached hydrogens (tertiary/aromatic N) is 5. The molecule has 0 bridgehead atoms. The van der Waals surface area contributed by atoms with E-state index in [0.717, 1.165) is 5.56 Å². The number of aromatic nitrogens is 4. The predicted molar refractivity (Wildman–Crippen MR) is 89.8 cm³/mol. The standard InChI is InChI=1S/C17H16N6O2/c1-22-16(25-12-13-5-3-2-4-6-13)11-14(20-22)17(24)19-15-7-9-23(21-15)10-8-18/h2-7,9,11H,10,12H2,1H3,(H,19,21,24). The van der Waals surface area contributed by atoms with E-state index < -0.39 is 5.91 Å². The fraction of sp³-hybridized carbons (Fsp3) is 0.176. The van der Waals surface area contributed by atoms with Crippen LogP contribution < -0.4 is 10.1 Å². The van der Waals surface area contributed by atoms with Gasteiger partial charge >= 0.3 is 0 Å². The summed E-state index contributed by atoms with van der Waals surface area (Å²) in [5.41, 5.74) is 1.25. The third-order valence-corrected chi connectivity index (χ3v) is 3.41. The van der Waals surface area contributed by atoms with E-state index in [1.165, 1.54) is 9.36 Å². The average molecular weight is 336 g/mol. The number of anilines is 1. The molecule has 3 aromatic rings. The Morgan fingerprint density at radius 1 is 1.28 bits per heavy atom. The van der Waals surface area contributed by atoms with E-state index in [9.17, 15) is 4.79 Å². The molecule has 0 fully saturated rings. The molecule has 1 N–H and O–H groups in total. The zero-order valence-electron chi connectivity index (χ0n) is 13.6. The highest BCUT2D eigenvalue weighted by Crippen LogP contribution is 2.15. The smallest absolute Gasteiger partial charge is 0.277 e. The summed E-state index contributed by atoms with van der Waals surface area (Å²) in [5.74, 6) is 0.453. The fourth-order valence-electron chi connectivity index (χ4n) is 2.20. The van der Waals surface area contributed by atoms with Gasteiger partial charge in [-0.25, -0.2) is 4.68 Å². The molecule has 2 heterocycles. The summed E-state index contributed by atoms with van der Waals surface area (Å²) >= 11 is 0. The van der Waals surface area contributed by atoms with Crippen molar-refractivity contribution in [2.75, 3.05) is 5.32 Å². The number of nitriles is 1. The molecule has 0 unspecified atom stereocenters. The number of hydrogen-bond acceptors (Lipinski definition) is 5. The summed E-state index contributed by atoms with van der Waals surface area (Å²) in [5, 5.41) is 19.5. The Morgan fingerprint density at radius 2 is 2.08 bits per heavy atom. The minimum absolute atomic E-state index is 0.122. The van der Waals surface area contributed by atoms with Crippen LogP contribution in [0, 0.1) is 11.3 Å². The van der Waals surface area contributed by atoms with Crippen molar-refractivity contribution in [1.29, 1.82) is 5.26 Å². The maximum atomic E-state index is 12.3. The highest BCUT2D eigenvalue weighted by Gasteiger charge is 2.15. The number of carbonyl (C=O) groups is 1. The van der Waals surface area contributed by atoms with E-state index in [-0.39, 0.29) is 12.2 Å². The lowest BCUT2D eigenvalue weighted by molar-refractivity contribution is 0.102. The topological polar surface area (TPSA) is 97.8 Å². The quantitative estimate of drug-likeness (QED) is 0.742. The lowest BCUT2D eigenvalue weighted by Crippen LogP contribution is -2.13. The van der Waals surface area contributed by atoms with Gasteiger partial charge in [0.05, 0.1) is 6.07 Å². The van der Waals surface area contributed by atoms with Crippen LogP contribution in [0.5, 0.6) is 5.88 Å². The second-order valence-corrected chi connectivity index (χ2v) is 5.28. The SMILES string of the molecule is Cn1nc(C(=O)Nc2ccn(CC#N)n2)cc1OCc1ccccc1. The second-order valence-electron chi connectivity index (χ2n) is 5.28. The van der Waals surface area contributed by atoms with Crippen molar-refractivity contribution >= 4 is 11.7 Å². The molecular weight excluding hydrogens is 320 g/mol. The van der Waals surface area contributed by atoms with E-state index in [2.05, 4.69) is 15.5 Å². The number of amides is 1. The molecule has 0 saturated heterocycles.